The van der Waals surface area contributed by atoms with Crippen molar-refractivity contribution in [2.24, 2.45) is 0 Å². The van der Waals surface area contributed by atoms with Crippen molar-refractivity contribution in [3.8, 4) is 11.3 Å². The smallest absolute Gasteiger partial charge is 0.229 e. The van der Waals surface area contributed by atoms with Gasteiger partial charge in [-0.15, -0.1) is 0 Å². The molecule has 0 unspecified atom stereocenters. The number of carbonyl (C=O) groups excluding carboxylic acids is 1. The van der Waals surface area contributed by atoms with Crippen molar-refractivity contribution in [1.29, 1.82) is 0 Å². The van der Waals surface area contributed by atoms with Crippen LogP contribution in [0.3, 0.4) is 0 Å². The Kier molecular flexibility index (Phi) is 6.03. The summed E-state index contributed by atoms with van der Waals surface area (Å²) in [5.74, 6) is 0.833. The first-order valence-corrected chi connectivity index (χ1v) is 11.7. The molecule has 1 fully saturated rings. The van der Waals surface area contributed by atoms with Gasteiger partial charge < -0.3 is 11.1 Å². The second-order valence-corrected chi connectivity index (χ2v) is 8.85. The minimum absolute atomic E-state index is 0.0723. The number of nitrogens with zero attached hydrogens (tertiary/aromatic N) is 2. The van der Waals surface area contributed by atoms with Crippen LogP contribution in [-0.4, -0.2) is 15.9 Å². The molecule has 33 heavy (non-hydrogen) atoms. The summed E-state index contributed by atoms with van der Waals surface area (Å²) in [7, 11) is 0. The van der Waals surface area contributed by atoms with Crippen molar-refractivity contribution in [1.82, 2.24) is 9.97 Å². The van der Waals surface area contributed by atoms with E-state index in [0.29, 0.717) is 18.2 Å². The predicted molar refractivity (Wildman–Crippen MR) is 134 cm³/mol. The molecule has 166 valence electrons. The highest BCUT2D eigenvalue weighted by Gasteiger charge is 2.23. The number of rotatable bonds is 5. The lowest BCUT2D eigenvalue weighted by molar-refractivity contribution is -0.115. The van der Waals surface area contributed by atoms with Gasteiger partial charge in [-0.05, 0) is 41.3 Å². The summed E-state index contributed by atoms with van der Waals surface area (Å²) in [6.45, 7) is 0. The molecular formula is C28H28N4O. The number of aromatic nitrogens is 2. The van der Waals surface area contributed by atoms with Gasteiger partial charge in [0.15, 0.2) is 5.82 Å². The number of carbonyl (C=O) groups is 1. The molecular weight excluding hydrogens is 408 g/mol. The summed E-state index contributed by atoms with van der Waals surface area (Å²) in [5.41, 5.74) is 10.2. The van der Waals surface area contributed by atoms with Crippen molar-refractivity contribution in [2.45, 2.75) is 44.4 Å². The van der Waals surface area contributed by atoms with Crippen LogP contribution in [-0.2, 0) is 11.2 Å². The van der Waals surface area contributed by atoms with Gasteiger partial charge in [0.05, 0.1) is 24.0 Å². The fraction of sp³-hybridized carbons (Fsp3) is 0.250. The van der Waals surface area contributed by atoms with Crippen LogP contribution in [0, 0.1) is 0 Å². The molecule has 1 aliphatic rings. The van der Waals surface area contributed by atoms with E-state index in [2.05, 4.69) is 34.6 Å². The third-order valence-corrected chi connectivity index (χ3v) is 6.43. The first-order chi connectivity index (χ1) is 16.2. The zero-order valence-electron chi connectivity index (χ0n) is 18.6. The maximum Gasteiger partial charge on any atom is 0.229 e. The van der Waals surface area contributed by atoms with E-state index < -0.39 is 0 Å². The average molecular weight is 437 g/mol. The van der Waals surface area contributed by atoms with Gasteiger partial charge in [0.25, 0.3) is 0 Å². The normalized spacial score (nSPS) is 14.3. The van der Waals surface area contributed by atoms with Gasteiger partial charge in [-0.1, -0.05) is 73.9 Å². The molecule has 5 rings (SSSR count). The predicted octanol–water partition coefficient (Wildman–Crippen LogP) is 6.11. The highest BCUT2D eigenvalue weighted by molar-refractivity contribution is 5.93. The third-order valence-electron chi connectivity index (χ3n) is 6.43. The molecule has 0 radical (unpaired) electrons. The Morgan fingerprint density at radius 1 is 0.939 bits per heavy atom. The lowest BCUT2D eigenvalue weighted by Gasteiger charge is -2.23. The molecule has 5 heteroatoms. The first kappa shape index (κ1) is 21.1. The number of anilines is 2. The summed E-state index contributed by atoms with van der Waals surface area (Å²) in [6.07, 6.45) is 7.82. The number of nitrogens with two attached hydrogens (primary N) is 1. The molecule has 1 aliphatic carbocycles. The van der Waals surface area contributed by atoms with Crippen LogP contribution in [0.1, 0.15) is 49.3 Å². The standard InChI is InChI=1S/C28H28N4O/c29-24-14-12-21(13-15-24)25-18-30-28(27(31-25)22-7-2-1-3-8-22)32-26(33)17-19-10-11-20-6-4-5-9-23(20)16-19/h4-6,9-16,18,22H,1-3,7-8,17,29H2,(H,30,32,33). The van der Waals surface area contributed by atoms with Gasteiger partial charge in [-0.2, -0.15) is 0 Å². The first-order valence-electron chi connectivity index (χ1n) is 11.7. The third kappa shape index (κ3) is 4.87. The zero-order chi connectivity index (χ0) is 22.6. The van der Waals surface area contributed by atoms with Crippen LogP contribution in [0.5, 0.6) is 0 Å². The van der Waals surface area contributed by atoms with Crippen LogP contribution >= 0.6 is 0 Å². The van der Waals surface area contributed by atoms with E-state index >= 15 is 0 Å². The highest BCUT2D eigenvalue weighted by Crippen LogP contribution is 2.35. The molecule has 1 heterocycles. The van der Waals surface area contributed by atoms with Gasteiger partial charge in [0, 0.05) is 17.2 Å². The molecule has 5 nitrogen and oxygen atoms in total. The minimum atomic E-state index is -0.0723. The second-order valence-electron chi connectivity index (χ2n) is 8.85. The second kappa shape index (κ2) is 9.41. The summed E-state index contributed by atoms with van der Waals surface area (Å²) in [5, 5.41) is 5.37. The van der Waals surface area contributed by atoms with Gasteiger partial charge in [-0.3, -0.25) is 4.79 Å². The zero-order valence-corrected chi connectivity index (χ0v) is 18.6. The van der Waals surface area contributed by atoms with Crippen LogP contribution in [0.25, 0.3) is 22.0 Å². The van der Waals surface area contributed by atoms with E-state index in [9.17, 15) is 4.79 Å². The Balaban J connectivity index is 1.40. The quantitative estimate of drug-likeness (QED) is 0.370. The number of amides is 1. The largest absolute Gasteiger partial charge is 0.399 e. The molecule has 0 atom stereocenters. The minimum Gasteiger partial charge on any atom is -0.399 e. The van der Waals surface area contributed by atoms with E-state index in [0.717, 1.165) is 46.4 Å². The van der Waals surface area contributed by atoms with Crippen LogP contribution < -0.4 is 11.1 Å². The molecule has 0 spiro atoms. The van der Waals surface area contributed by atoms with E-state index in [1.807, 2.05) is 42.5 Å². The fourth-order valence-electron chi connectivity index (χ4n) is 4.66. The Hall–Kier alpha value is -3.73. The summed E-state index contributed by atoms with van der Waals surface area (Å²) >= 11 is 0. The number of fused-ring (bicyclic) bond motifs is 1. The van der Waals surface area contributed by atoms with Crippen molar-refractivity contribution < 1.29 is 4.79 Å². The Bertz CT molecular complexity index is 1280. The number of nitrogens with one attached hydrogen (secondary N) is 1. The fourth-order valence-corrected chi connectivity index (χ4v) is 4.66. The maximum absolute atomic E-state index is 13.0. The van der Waals surface area contributed by atoms with Crippen molar-refractivity contribution in [2.75, 3.05) is 11.1 Å². The van der Waals surface area contributed by atoms with E-state index in [4.69, 9.17) is 10.7 Å². The van der Waals surface area contributed by atoms with Gasteiger partial charge >= 0.3 is 0 Å². The number of nitrogen functional groups attached to an aromatic ring is 1. The lowest BCUT2D eigenvalue weighted by Crippen LogP contribution is -2.19. The summed E-state index contributed by atoms with van der Waals surface area (Å²) in [4.78, 5) is 22.6. The number of hydrogen-bond acceptors (Lipinski definition) is 4. The number of hydrogen-bond donors (Lipinski definition) is 2. The SMILES string of the molecule is Nc1ccc(-c2cnc(NC(=O)Cc3ccc4ccccc4c3)c(C3CCCCC3)n2)cc1. The average Bonchev–Trinajstić information content (AvgIpc) is 2.85. The lowest BCUT2D eigenvalue weighted by atomic mass is 9.86. The van der Waals surface area contributed by atoms with Gasteiger partial charge in [0.2, 0.25) is 5.91 Å². The molecule has 1 saturated carbocycles. The molecule has 3 N–H and O–H groups in total. The monoisotopic (exact) mass is 436 g/mol. The molecule has 0 saturated heterocycles. The molecule has 0 bridgehead atoms. The Morgan fingerprint density at radius 2 is 1.70 bits per heavy atom. The summed E-state index contributed by atoms with van der Waals surface area (Å²) < 4.78 is 0. The van der Waals surface area contributed by atoms with Crippen molar-refractivity contribution in [3.63, 3.8) is 0 Å². The van der Waals surface area contributed by atoms with Crippen molar-refractivity contribution in [3.05, 3.63) is 84.2 Å². The number of benzene rings is 3. The highest BCUT2D eigenvalue weighted by atomic mass is 16.1. The topological polar surface area (TPSA) is 80.9 Å². The molecule has 4 aromatic rings. The van der Waals surface area contributed by atoms with Gasteiger partial charge in [-0.25, -0.2) is 9.97 Å². The van der Waals surface area contributed by atoms with Crippen molar-refractivity contribution >= 4 is 28.2 Å². The molecule has 1 amide bonds. The maximum atomic E-state index is 13.0. The molecule has 1 aromatic heterocycles. The van der Waals surface area contributed by atoms with Crippen LogP contribution in [0.4, 0.5) is 11.5 Å². The summed E-state index contributed by atoms with van der Waals surface area (Å²) in [6, 6.07) is 22.0. The van der Waals surface area contributed by atoms with Gasteiger partial charge in [0.1, 0.15) is 0 Å². The van der Waals surface area contributed by atoms with Crippen LogP contribution in [0.15, 0.2) is 72.9 Å². The molecule has 0 aliphatic heterocycles. The Labute approximate surface area is 194 Å². The Morgan fingerprint density at radius 3 is 2.48 bits per heavy atom. The van der Waals surface area contributed by atoms with Crippen LogP contribution in [0.2, 0.25) is 0 Å². The van der Waals surface area contributed by atoms with E-state index in [1.165, 1.54) is 24.6 Å². The molecule has 3 aromatic carbocycles. The van der Waals surface area contributed by atoms with E-state index in [-0.39, 0.29) is 5.91 Å². The van der Waals surface area contributed by atoms with E-state index in [1.54, 1.807) is 6.20 Å².